The number of thiazole rings is 1. The van der Waals surface area contributed by atoms with Crippen molar-refractivity contribution < 1.29 is 14.7 Å². The van der Waals surface area contributed by atoms with Gasteiger partial charge in [-0.05, 0) is 18.5 Å². The summed E-state index contributed by atoms with van der Waals surface area (Å²) in [5, 5.41) is 17.4. The second-order valence-electron chi connectivity index (χ2n) is 3.63. The van der Waals surface area contributed by atoms with Gasteiger partial charge in [0.1, 0.15) is 4.88 Å². The summed E-state index contributed by atoms with van der Waals surface area (Å²) in [7, 11) is 0. The molecular formula is C10H10N4O3S2. The Bertz CT molecular complexity index is 607. The molecule has 2 N–H and O–H groups in total. The lowest BCUT2D eigenvalue weighted by Gasteiger charge is -2.01. The van der Waals surface area contributed by atoms with Crippen LogP contribution in [0.15, 0.2) is 5.38 Å². The zero-order valence-corrected chi connectivity index (χ0v) is 11.5. The molecule has 0 spiro atoms. The van der Waals surface area contributed by atoms with Crippen molar-refractivity contribution in [3.05, 3.63) is 26.7 Å². The normalized spacial score (nSPS) is 10.4. The molecule has 0 saturated carbocycles. The van der Waals surface area contributed by atoms with Gasteiger partial charge in [0.25, 0.3) is 5.91 Å². The van der Waals surface area contributed by atoms with Gasteiger partial charge in [0.15, 0.2) is 5.69 Å². The van der Waals surface area contributed by atoms with Crippen molar-refractivity contribution >= 4 is 34.7 Å². The van der Waals surface area contributed by atoms with Crippen molar-refractivity contribution in [1.82, 2.24) is 19.9 Å². The molecule has 100 valence electrons. The van der Waals surface area contributed by atoms with Crippen molar-refractivity contribution in [1.29, 1.82) is 0 Å². The minimum Gasteiger partial charge on any atom is -0.476 e. The van der Waals surface area contributed by atoms with Gasteiger partial charge in [0.2, 0.25) is 0 Å². The van der Waals surface area contributed by atoms with Gasteiger partial charge in [-0.15, -0.1) is 16.4 Å². The van der Waals surface area contributed by atoms with E-state index in [1.165, 1.54) is 16.7 Å². The van der Waals surface area contributed by atoms with E-state index in [1.54, 1.807) is 6.92 Å². The summed E-state index contributed by atoms with van der Waals surface area (Å²) in [5.74, 6) is -1.26. The third kappa shape index (κ3) is 3.32. The van der Waals surface area contributed by atoms with Gasteiger partial charge < -0.3 is 10.4 Å². The fraction of sp³-hybridized carbons (Fsp3) is 0.300. The molecule has 19 heavy (non-hydrogen) atoms. The number of rotatable bonds is 5. The smallest absolute Gasteiger partial charge is 0.355 e. The van der Waals surface area contributed by atoms with Crippen LogP contribution in [0, 0.1) is 6.92 Å². The molecule has 0 atom stereocenters. The van der Waals surface area contributed by atoms with Crippen LogP contribution in [0.3, 0.4) is 0 Å². The van der Waals surface area contributed by atoms with Crippen LogP contribution in [0.5, 0.6) is 0 Å². The summed E-state index contributed by atoms with van der Waals surface area (Å²) < 4.78 is 3.69. The highest BCUT2D eigenvalue weighted by Crippen LogP contribution is 2.11. The number of hydrogen-bond donors (Lipinski definition) is 2. The Hall–Kier alpha value is -1.87. The highest BCUT2D eigenvalue weighted by molar-refractivity contribution is 7.09. The molecule has 0 aliphatic rings. The number of nitrogens with zero attached hydrogens (tertiary/aromatic N) is 3. The lowest BCUT2D eigenvalue weighted by Crippen LogP contribution is -2.25. The van der Waals surface area contributed by atoms with Crippen LogP contribution in [-0.2, 0) is 6.42 Å². The van der Waals surface area contributed by atoms with E-state index in [1.807, 2.05) is 0 Å². The monoisotopic (exact) mass is 298 g/mol. The van der Waals surface area contributed by atoms with E-state index in [2.05, 4.69) is 19.9 Å². The van der Waals surface area contributed by atoms with E-state index in [9.17, 15) is 9.59 Å². The maximum Gasteiger partial charge on any atom is 0.355 e. The topological polar surface area (TPSA) is 105 Å². The first kappa shape index (κ1) is 13.6. The van der Waals surface area contributed by atoms with Gasteiger partial charge in [0.05, 0.1) is 10.7 Å². The summed E-state index contributed by atoms with van der Waals surface area (Å²) in [6.45, 7) is 2.11. The van der Waals surface area contributed by atoms with Gasteiger partial charge >= 0.3 is 5.97 Å². The van der Waals surface area contributed by atoms with Gasteiger partial charge in [-0.2, -0.15) is 0 Å². The molecule has 0 unspecified atom stereocenters. The number of carboxylic acids is 1. The van der Waals surface area contributed by atoms with Crippen molar-refractivity contribution in [2.24, 2.45) is 0 Å². The predicted octanol–water partition coefficient (Wildman–Crippen LogP) is 0.974. The van der Waals surface area contributed by atoms with E-state index < -0.39 is 5.97 Å². The van der Waals surface area contributed by atoms with Crippen LogP contribution in [0.1, 0.15) is 30.9 Å². The first-order chi connectivity index (χ1) is 9.08. The van der Waals surface area contributed by atoms with Crippen LogP contribution < -0.4 is 5.32 Å². The molecule has 7 nitrogen and oxygen atoms in total. The minimum atomic E-state index is -1.04. The number of carbonyl (C=O) groups excluding carboxylic acids is 1. The molecule has 0 aliphatic heterocycles. The highest BCUT2D eigenvalue weighted by atomic mass is 32.1. The molecular weight excluding hydrogens is 288 g/mol. The maximum absolute atomic E-state index is 11.7. The Kier molecular flexibility index (Phi) is 4.17. The quantitative estimate of drug-likeness (QED) is 0.852. The van der Waals surface area contributed by atoms with Crippen molar-refractivity contribution in [2.75, 3.05) is 6.54 Å². The Labute approximate surface area is 116 Å². The van der Waals surface area contributed by atoms with Crippen LogP contribution in [-0.4, -0.2) is 38.1 Å². The lowest BCUT2D eigenvalue weighted by molar-refractivity contribution is 0.0690. The summed E-state index contributed by atoms with van der Waals surface area (Å²) >= 11 is 2.31. The average Bonchev–Trinajstić information content (AvgIpc) is 2.97. The lowest BCUT2D eigenvalue weighted by atomic mass is 10.3. The number of aromatic nitrogens is 3. The third-order valence-corrected chi connectivity index (χ3v) is 3.99. The number of aryl methyl sites for hydroxylation is 1. The van der Waals surface area contributed by atoms with Gasteiger partial charge in [-0.1, -0.05) is 4.49 Å². The molecule has 2 aromatic heterocycles. The van der Waals surface area contributed by atoms with E-state index in [4.69, 9.17) is 5.11 Å². The molecule has 2 aromatic rings. The van der Waals surface area contributed by atoms with Gasteiger partial charge in [-0.3, -0.25) is 4.79 Å². The molecule has 0 fully saturated rings. The molecule has 0 aliphatic carbocycles. The Balaban J connectivity index is 1.85. The maximum atomic E-state index is 11.7. The van der Waals surface area contributed by atoms with Crippen molar-refractivity contribution in [3.63, 3.8) is 0 Å². The summed E-state index contributed by atoms with van der Waals surface area (Å²) in [5.41, 5.74) is 0.638. The predicted molar refractivity (Wildman–Crippen MR) is 69.8 cm³/mol. The van der Waals surface area contributed by atoms with Crippen molar-refractivity contribution in [2.45, 2.75) is 13.3 Å². The molecule has 2 rings (SSSR count). The van der Waals surface area contributed by atoms with Crippen LogP contribution in [0.25, 0.3) is 0 Å². The Morgan fingerprint density at radius 1 is 1.47 bits per heavy atom. The first-order valence-corrected chi connectivity index (χ1v) is 6.98. The minimum absolute atomic E-state index is 0.0360. The van der Waals surface area contributed by atoms with Crippen LogP contribution >= 0.6 is 22.9 Å². The zero-order valence-electron chi connectivity index (χ0n) is 9.91. The molecule has 0 bridgehead atoms. The third-order valence-electron chi connectivity index (χ3n) is 2.25. The zero-order chi connectivity index (χ0) is 13.8. The largest absolute Gasteiger partial charge is 0.476 e. The number of carbonyl (C=O) groups is 2. The average molecular weight is 298 g/mol. The number of hydrogen-bond acceptors (Lipinski definition) is 7. The standard InChI is InChI=1S/C10H10N4O3S2/c1-5-8(19-14-13-5)9(15)11-3-2-7-12-6(4-18-7)10(16)17/h4H,2-3H2,1H3,(H,11,15)(H,16,17). The fourth-order valence-electron chi connectivity index (χ4n) is 1.33. The molecule has 0 saturated heterocycles. The summed E-state index contributed by atoms with van der Waals surface area (Å²) in [6.07, 6.45) is 0.495. The SMILES string of the molecule is Cc1nnsc1C(=O)NCCc1nc(C(=O)O)cs1. The molecule has 0 aromatic carbocycles. The second-order valence-corrected chi connectivity index (χ2v) is 5.32. The Morgan fingerprint density at radius 3 is 2.84 bits per heavy atom. The number of amides is 1. The molecule has 2 heterocycles. The van der Waals surface area contributed by atoms with E-state index in [0.717, 1.165) is 11.5 Å². The molecule has 0 radical (unpaired) electrons. The second kappa shape index (κ2) is 5.85. The number of nitrogens with one attached hydrogen (secondary N) is 1. The van der Waals surface area contributed by atoms with Gasteiger partial charge in [-0.25, -0.2) is 9.78 Å². The Morgan fingerprint density at radius 2 is 2.26 bits per heavy atom. The van der Waals surface area contributed by atoms with E-state index in [-0.39, 0.29) is 11.6 Å². The summed E-state index contributed by atoms with van der Waals surface area (Å²) in [4.78, 5) is 26.8. The van der Waals surface area contributed by atoms with Gasteiger partial charge in [0, 0.05) is 18.3 Å². The van der Waals surface area contributed by atoms with Crippen molar-refractivity contribution in [3.8, 4) is 0 Å². The number of aromatic carboxylic acids is 1. The molecule has 9 heteroatoms. The highest BCUT2D eigenvalue weighted by Gasteiger charge is 2.13. The van der Waals surface area contributed by atoms with Crippen LogP contribution in [0.2, 0.25) is 0 Å². The van der Waals surface area contributed by atoms with E-state index >= 15 is 0 Å². The molecule has 1 amide bonds. The van der Waals surface area contributed by atoms with Crippen LogP contribution in [0.4, 0.5) is 0 Å². The summed E-state index contributed by atoms with van der Waals surface area (Å²) in [6, 6.07) is 0. The fourth-order valence-corrected chi connectivity index (χ4v) is 2.67. The number of carboxylic acid groups (broad SMARTS) is 1. The first-order valence-electron chi connectivity index (χ1n) is 5.32. The van der Waals surface area contributed by atoms with E-state index in [0.29, 0.717) is 28.5 Å².